The number of esters is 1. The van der Waals surface area contributed by atoms with E-state index in [0.29, 0.717) is 6.42 Å². The Balaban J connectivity index is 2.06. The number of carbonyl (C=O) groups excluding carboxylic acids is 1. The Bertz CT molecular complexity index is 335. The Morgan fingerprint density at radius 2 is 2.06 bits per heavy atom. The summed E-state index contributed by atoms with van der Waals surface area (Å²) < 4.78 is 34.5. The van der Waals surface area contributed by atoms with Crippen molar-refractivity contribution < 1.29 is 22.5 Å². The molecule has 0 radical (unpaired) electrons. The molecule has 0 amide bonds. The van der Waals surface area contributed by atoms with Crippen LogP contribution in [0.1, 0.15) is 39.0 Å². The normalized spacial score (nSPS) is 25.8. The first-order valence-corrected chi connectivity index (χ1v) is 7.15. The summed E-state index contributed by atoms with van der Waals surface area (Å²) in [5, 5.41) is 0. The minimum Gasteiger partial charge on any atom is -0.462 e. The Hall–Kier alpha value is -0.620. The molecule has 0 spiro atoms. The number of hydrogen-bond acceptors (Lipinski definition) is 4. The van der Waals surface area contributed by atoms with Gasteiger partial charge in [-0.15, -0.1) is 0 Å². The van der Waals surface area contributed by atoms with Crippen LogP contribution < -0.4 is 0 Å². The zero-order valence-electron chi connectivity index (χ0n) is 9.39. The summed E-state index contributed by atoms with van der Waals surface area (Å²) in [5.41, 5.74) is 0. The van der Waals surface area contributed by atoms with Crippen molar-refractivity contribution in [3.8, 4) is 0 Å². The van der Waals surface area contributed by atoms with E-state index in [-0.39, 0.29) is 23.7 Å². The maximum Gasteiger partial charge on any atom is 0.309 e. The molecular weight excluding hydrogens is 232 g/mol. The van der Waals surface area contributed by atoms with Gasteiger partial charge in [0.1, 0.15) is 6.10 Å². The van der Waals surface area contributed by atoms with Crippen molar-refractivity contribution in [2.75, 3.05) is 5.75 Å². The van der Waals surface area contributed by atoms with Crippen molar-refractivity contribution in [1.29, 1.82) is 0 Å². The quantitative estimate of drug-likeness (QED) is 0.437. The second-order valence-electron chi connectivity index (χ2n) is 4.33. The summed E-state index contributed by atoms with van der Waals surface area (Å²) in [6.45, 7) is 1.85. The van der Waals surface area contributed by atoms with Crippen molar-refractivity contribution in [2.45, 2.75) is 45.1 Å². The third-order valence-electron chi connectivity index (χ3n) is 2.73. The van der Waals surface area contributed by atoms with Gasteiger partial charge >= 0.3 is 5.97 Å². The van der Waals surface area contributed by atoms with Crippen molar-refractivity contribution >= 4 is 16.1 Å². The number of carbonyl (C=O) groups is 1. The fourth-order valence-electron chi connectivity index (χ4n) is 1.83. The largest absolute Gasteiger partial charge is 0.462 e. The van der Waals surface area contributed by atoms with Gasteiger partial charge < -0.3 is 4.74 Å². The van der Waals surface area contributed by atoms with Gasteiger partial charge in [-0.1, -0.05) is 13.3 Å². The van der Waals surface area contributed by atoms with Gasteiger partial charge in [-0.25, -0.2) is 0 Å². The van der Waals surface area contributed by atoms with Crippen molar-refractivity contribution in [2.24, 2.45) is 5.92 Å². The molecule has 1 aliphatic rings. The molecule has 1 N–H and O–H groups in total. The maximum atomic E-state index is 11.1. The molecule has 0 aliphatic carbocycles. The van der Waals surface area contributed by atoms with Crippen LogP contribution >= 0.6 is 0 Å². The van der Waals surface area contributed by atoms with Crippen LogP contribution in [0.2, 0.25) is 0 Å². The van der Waals surface area contributed by atoms with Crippen LogP contribution in [-0.4, -0.2) is 30.8 Å². The lowest BCUT2D eigenvalue weighted by Crippen LogP contribution is -2.07. The van der Waals surface area contributed by atoms with Crippen LogP contribution in [0.3, 0.4) is 0 Å². The summed E-state index contributed by atoms with van der Waals surface area (Å²) >= 11 is 0. The minimum atomic E-state index is -3.83. The van der Waals surface area contributed by atoms with E-state index in [4.69, 9.17) is 9.29 Å². The highest BCUT2D eigenvalue weighted by atomic mass is 32.2. The summed E-state index contributed by atoms with van der Waals surface area (Å²) in [4.78, 5) is 11.1. The highest BCUT2D eigenvalue weighted by Gasteiger charge is 2.30. The summed E-state index contributed by atoms with van der Waals surface area (Å²) in [7, 11) is -3.83. The Labute approximate surface area is 95.9 Å². The van der Waals surface area contributed by atoms with E-state index in [1.54, 1.807) is 0 Å². The van der Waals surface area contributed by atoms with Gasteiger partial charge in [0.2, 0.25) is 0 Å². The Morgan fingerprint density at radius 3 is 2.56 bits per heavy atom. The molecule has 0 aromatic carbocycles. The molecule has 2 atom stereocenters. The molecule has 2 unspecified atom stereocenters. The van der Waals surface area contributed by atoms with Crippen LogP contribution in [0, 0.1) is 5.92 Å². The van der Waals surface area contributed by atoms with Gasteiger partial charge in [-0.2, -0.15) is 8.42 Å². The number of ether oxygens (including phenoxy) is 1. The van der Waals surface area contributed by atoms with Crippen molar-refractivity contribution in [1.82, 2.24) is 0 Å². The van der Waals surface area contributed by atoms with E-state index in [1.165, 1.54) is 0 Å². The second-order valence-corrected chi connectivity index (χ2v) is 5.90. The zero-order valence-corrected chi connectivity index (χ0v) is 10.2. The Kier molecular flexibility index (Phi) is 4.73. The van der Waals surface area contributed by atoms with E-state index in [1.807, 2.05) is 6.92 Å². The standard InChI is InChI=1S/C10H18O5S/c1-8-7-9(15-10(8)11)5-3-2-4-6-16(12,13)14/h8-9H,2-7H2,1H3,(H,12,13,14). The first kappa shape index (κ1) is 13.4. The SMILES string of the molecule is CC1CC(CCCCCS(=O)(=O)O)OC1=O. The van der Waals surface area contributed by atoms with Crippen LogP contribution in [0.4, 0.5) is 0 Å². The first-order chi connectivity index (χ1) is 7.38. The smallest absolute Gasteiger partial charge is 0.309 e. The zero-order chi connectivity index (χ0) is 12.2. The van der Waals surface area contributed by atoms with E-state index < -0.39 is 10.1 Å². The molecule has 1 fully saturated rings. The summed E-state index contributed by atoms with van der Waals surface area (Å²) in [6.07, 6.45) is 3.53. The average Bonchev–Trinajstić information content (AvgIpc) is 2.44. The molecule has 16 heavy (non-hydrogen) atoms. The molecule has 1 saturated heterocycles. The lowest BCUT2D eigenvalue weighted by Gasteiger charge is -2.07. The Morgan fingerprint density at radius 1 is 1.38 bits per heavy atom. The number of rotatable bonds is 6. The number of cyclic esters (lactones) is 1. The molecule has 94 valence electrons. The monoisotopic (exact) mass is 250 g/mol. The second kappa shape index (κ2) is 5.63. The first-order valence-electron chi connectivity index (χ1n) is 5.54. The molecule has 1 heterocycles. The summed E-state index contributed by atoms with van der Waals surface area (Å²) in [6, 6.07) is 0. The number of unbranched alkanes of at least 4 members (excludes halogenated alkanes) is 2. The molecule has 0 aromatic heterocycles. The lowest BCUT2D eigenvalue weighted by atomic mass is 10.0. The highest BCUT2D eigenvalue weighted by molar-refractivity contribution is 7.85. The lowest BCUT2D eigenvalue weighted by molar-refractivity contribution is -0.144. The fraction of sp³-hybridized carbons (Fsp3) is 0.900. The predicted molar refractivity (Wildman–Crippen MR) is 58.5 cm³/mol. The molecular formula is C10H18O5S. The topological polar surface area (TPSA) is 80.7 Å². The van der Waals surface area contributed by atoms with Crippen LogP contribution in [0.5, 0.6) is 0 Å². The molecule has 1 aliphatic heterocycles. The molecule has 0 bridgehead atoms. The molecule has 5 nitrogen and oxygen atoms in total. The van der Waals surface area contributed by atoms with Gasteiger partial charge in [-0.05, 0) is 25.7 Å². The van der Waals surface area contributed by atoms with Gasteiger partial charge in [0, 0.05) is 0 Å². The van der Waals surface area contributed by atoms with Crippen molar-refractivity contribution in [3.05, 3.63) is 0 Å². The third kappa shape index (κ3) is 4.94. The van der Waals surface area contributed by atoms with E-state index in [0.717, 1.165) is 25.7 Å². The molecule has 1 rings (SSSR count). The van der Waals surface area contributed by atoms with Gasteiger partial charge in [0.25, 0.3) is 10.1 Å². The van der Waals surface area contributed by atoms with E-state index in [2.05, 4.69) is 0 Å². The molecule has 0 saturated carbocycles. The predicted octanol–water partition coefficient (Wildman–Crippen LogP) is 1.39. The molecule has 6 heteroatoms. The van der Waals surface area contributed by atoms with Crippen LogP contribution in [0.15, 0.2) is 0 Å². The number of hydrogen-bond donors (Lipinski definition) is 1. The highest BCUT2D eigenvalue weighted by Crippen LogP contribution is 2.24. The van der Waals surface area contributed by atoms with Gasteiger partial charge in [0.05, 0.1) is 11.7 Å². The third-order valence-corrected chi connectivity index (χ3v) is 3.53. The van der Waals surface area contributed by atoms with Crippen LogP contribution in [-0.2, 0) is 19.6 Å². The van der Waals surface area contributed by atoms with Crippen molar-refractivity contribution in [3.63, 3.8) is 0 Å². The van der Waals surface area contributed by atoms with Gasteiger partial charge in [-0.3, -0.25) is 9.35 Å². The van der Waals surface area contributed by atoms with E-state index in [9.17, 15) is 13.2 Å². The maximum absolute atomic E-state index is 11.1. The van der Waals surface area contributed by atoms with Gasteiger partial charge in [0.15, 0.2) is 0 Å². The summed E-state index contributed by atoms with van der Waals surface area (Å²) in [5.74, 6) is -0.334. The molecule has 0 aromatic rings. The van der Waals surface area contributed by atoms with E-state index >= 15 is 0 Å². The average molecular weight is 250 g/mol. The minimum absolute atomic E-state index is 0.00627. The fourth-order valence-corrected chi connectivity index (χ4v) is 2.40. The van der Waals surface area contributed by atoms with Crippen LogP contribution in [0.25, 0.3) is 0 Å².